The second kappa shape index (κ2) is 13.1. The fourth-order valence-electron chi connectivity index (χ4n) is 12.0. The molecule has 17 unspecified atom stereocenters. The quantitative estimate of drug-likeness (QED) is 0.232. The third-order valence-corrected chi connectivity index (χ3v) is 15.0. The first kappa shape index (κ1) is 35.3. The molecule has 3 aliphatic heterocycles. The van der Waals surface area contributed by atoms with E-state index in [4.69, 9.17) is 28.4 Å². The maximum absolute atomic E-state index is 12.0. The number of cyclic esters (lactones) is 1. The Morgan fingerprint density at radius 2 is 1.65 bits per heavy atom. The smallest absolute Gasteiger partial charge is 0.331 e. The van der Waals surface area contributed by atoms with Crippen molar-refractivity contribution in [2.45, 2.75) is 153 Å². The van der Waals surface area contributed by atoms with Crippen LogP contribution in [0.2, 0.25) is 0 Å². The number of aliphatic hydroxyl groups excluding tert-OH is 4. The molecule has 0 amide bonds. The van der Waals surface area contributed by atoms with Gasteiger partial charge in [-0.1, -0.05) is 20.8 Å². The Labute approximate surface area is 284 Å². The largest absolute Gasteiger partial charge is 0.458 e. The van der Waals surface area contributed by atoms with E-state index in [1.165, 1.54) is 37.7 Å². The van der Waals surface area contributed by atoms with Crippen molar-refractivity contribution in [2.75, 3.05) is 20.3 Å². The van der Waals surface area contributed by atoms with E-state index in [0.717, 1.165) is 25.7 Å². The minimum Gasteiger partial charge on any atom is -0.458 e. The molecular weight excluding hydrogens is 620 g/mol. The number of esters is 1. The number of ether oxygens (including phenoxy) is 6. The van der Waals surface area contributed by atoms with Crippen molar-refractivity contribution in [1.82, 2.24) is 0 Å². The average molecular weight is 679 g/mol. The molecule has 6 fully saturated rings. The normalized spacial score (nSPS) is 53.8. The molecule has 4 N–H and O–H groups in total. The standard InChI is InChI=1S/C37H58O11/c1-19-33(48-34-32(42)31(41)30(40)27(17-38)47-34)26(43-5)16-29(45-19)46-22-8-11-35(2)21(15-22)6-7-25-24(35)10-13-36(3)23(9-12-37(25,36)4)20-14-28(39)44-18-20/h14,19,21-27,29-34,38,40-42H,6-13,15-18H2,1-5H3. The van der Waals surface area contributed by atoms with Crippen LogP contribution in [0.3, 0.4) is 0 Å². The molecule has 0 aromatic heterocycles. The Bertz CT molecular complexity index is 1230. The maximum Gasteiger partial charge on any atom is 0.331 e. The van der Waals surface area contributed by atoms with Crippen molar-refractivity contribution >= 4 is 5.97 Å². The zero-order valence-electron chi connectivity index (χ0n) is 29.3. The Hall–Kier alpha value is -1.15. The maximum atomic E-state index is 12.0. The fraction of sp³-hybridized carbons (Fsp3) is 0.919. The predicted molar refractivity (Wildman–Crippen MR) is 172 cm³/mol. The third kappa shape index (κ3) is 5.62. The van der Waals surface area contributed by atoms with Crippen LogP contribution in [0.1, 0.15) is 91.9 Å². The molecular formula is C37H58O11. The highest BCUT2D eigenvalue weighted by atomic mass is 16.7. The number of hydrogen-bond acceptors (Lipinski definition) is 11. The van der Waals surface area contributed by atoms with E-state index < -0.39 is 61.9 Å². The molecule has 17 atom stereocenters. The van der Waals surface area contributed by atoms with Crippen LogP contribution >= 0.6 is 0 Å². The summed E-state index contributed by atoms with van der Waals surface area (Å²) in [4.78, 5) is 12.0. The molecule has 4 aliphatic carbocycles. The molecule has 48 heavy (non-hydrogen) atoms. The Kier molecular flexibility index (Phi) is 9.64. The van der Waals surface area contributed by atoms with E-state index in [0.29, 0.717) is 36.7 Å². The molecule has 0 aromatic rings. The summed E-state index contributed by atoms with van der Waals surface area (Å²) in [7, 11) is 1.61. The van der Waals surface area contributed by atoms with Crippen LogP contribution in [0.15, 0.2) is 11.6 Å². The van der Waals surface area contributed by atoms with Gasteiger partial charge in [0.25, 0.3) is 0 Å². The van der Waals surface area contributed by atoms with E-state index >= 15 is 0 Å². The van der Waals surface area contributed by atoms with E-state index in [1.54, 1.807) is 13.2 Å². The van der Waals surface area contributed by atoms with Crippen LogP contribution in [0.5, 0.6) is 0 Å². The molecule has 11 nitrogen and oxygen atoms in total. The van der Waals surface area contributed by atoms with Gasteiger partial charge in [-0.3, -0.25) is 0 Å². The number of carbonyl (C=O) groups excluding carboxylic acids is 1. The summed E-state index contributed by atoms with van der Waals surface area (Å²) < 4.78 is 35.9. The summed E-state index contributed by atoms with van der Waals surface area (Å²) in [5, 5.41) is 40.5. The van der Waals surface area contributed by atoms with Crippen LogP contribution in [0, 0.1) is 39.9 Å². The highest BCUT2D eigenvalue weighted by Crippen LogP contribution is 2.73. The van der Waals surface area contributed by atoms with Crippen molar-refractivity contribution in [2.24, 2.45) is 39.9 Å². The van der Waals surface area contributed by atoms with Gasteiger partial charge in [0.05, 0.1) is 24.9 Å². The van der Waals surface area contributed by atoms with Gasteiger partial charge in [0, 0.05) is 19.6 Å². The lowest BCUT2D eigenvalue weighted by atomic mass is 9.40. The van der Waals surface area contributed by atoms with Crippen molar-refractivity contribution in [3.8, 4) is 0 Å². The van der Waals surface area contributed by atoms with E-state index in [1.807, 2.05) is 6.92 Å². The van der Waals surface area contributed by atoms with Gasteiger partial charge >= 0.3 is 5.97 Å². The zero-order valence-corrected chi connectivity index (χ0v) is 29.3. The molecule has 0 radical (unpaired) electrons. The minimum absolute atomic E-state index is 0.101. The van der Waals surface area contributed by atoms with Gasteiger partial charge in [0.15, 0.2) is 12.6 Å². The van der Waals surface area contributed by atoms with E-state index in [2.05, 4.69) is 20.8 Å². The number of fused-ring (bicyclic) bond motifs is 5. The summed E-state index contributed by atoms with van der Waals surface area (Å²) >= 11 is 0. The van der Waals surface area contributed by atoms with Gasteiger partial charge in [-0.05, 0) is 110 Å². The summed E-state index contributed by atoms with van der Waals surface area (Å²) in [6, 6.07) is 0. The summed E-state index contributed by atoms with van der Waals surface area (Å²) in [6.07, 6.45) is 4.10. The SMILES string of the molecule is COC1CC(OC2CCC3(C)C(CCC4C3CCC3(C)C(C5=CC(=O)OC5)CCC43C)C2)OC(C)C1OC1OC(CO)C(O)C(O)C1O. The van der Waals surface area contributed by atoms with Gasteiger partial charge in [-0.25, -0.2) is 4.79 Å². The topological polar surface area (TPSA) is 153 Å². The summed E-state index contributed by atoms with van der Waals surface area (Å²) in [5.74, 6) is 2.28. The summed E-state index contributed by atoms with van der Waals surface area (Å²) in [6.45, 7) is 9.48. The first-order valence-electron chi connectivity index (χ1n) is 18.5. The first-order valence-corrected chi connectivity index (χ1v) is 18.5. The van der Waals surface area contributed by atoms with Gasteiger partial charge < -0.3 is 48.8 Å². The number of carbonyl (C=O) groups is 1. The number of rotatable bonds is 7. The first-order chi connectivity index (χ1) is 22.8. The van der Waals surface area contributed by atoms with Crippen LogP contribution in [0.4, 0.5) is 0 Å². The van der Waals surface area contributed by atoms with Crippen LogP contribution < -0.4 is 0 Å². The van der Waals surface area contributed by atoms with Crippen molar-refractivity contribution < 1.29 is 53.6 Å². The van der Waals surface area contributed by atoms with Gasteiger partial charge in [-0.15, -0.1) is 0 Å². The molecule has 0 aromatic carbocycles. The van der Waals surface area contributed by atoms with Crippen molar-refractivity contribution in [1.29, 1.82) is 0 Å². The number of hydrogen-bond donors (Lipinski definition) is 4. The van der Waals surface area contributed by atoms with Crippen LogP contribution in [-0.2, 0) is 33.2 Å². The molecule has 4 saturated carbocycles. The Balaban J connectivity index is 0.971. The van der Waals surface area contributed by atoms with E-state index in [9.17, 15) is 25.2 Å². The van der Waals surface area contributed by atoms with Gasteiger partial charge in [0.2, 0.25) is 0 Å². The lowest BCUT2D eigenvalue weighted by Gasteiger charge is -2.65. The zero-order chi connectivity index (χ0) is 34.2. The Morgan fingerprint density at radius 1 is 0.875 bits per heavy atom. The highest BCUT2D eigenvalue weighted by molar-refractivity contribution is 5.85. The lowest BCUT2D eigenvalue weighted by molar-refractivity contribution is -0.345. The third-order valence-electron chi connectivity index (χ3n) is 15.0. The van der Waals surface area contributed by atoms with Crippen molar-refractivity contribution in [3.63, 3.8) is 0 Å². The Morgan fingerprint density at radius 3 is 2.35 bits per heavy atom. The monoisotopic (exact) mass is 678 g/mol. The second-order valence-corrected chi connectivity index (χ2v) is 16.9. The molecule has 7 aliphatic rings. The van der Waals surface area contributed by atoms with Gasteiger partial charge in [-0.2, -0.15) is 0 Å². The fourth-order valence-corrected chi connectivity index (χ4v) is 12.0. The minimum atomic E-state index is -1.52. The molecule has 272 valence electrons. The van der Waals surface area contributed by atoms with Gasteiger partial charge in [0.1, 0.15) is 37.1 Å². The molecule has 11 heteroatoms. The molecule has 3 heterocycles. The molecule has 2 saturated heterocycles. The average Bonchev–Trinajstić information content (AvgIpc) is 3.61. The highest BCUT2D eigenvalue weighted by Gasteiger charge is 2.66. The van der Waals surface area contributed by atoms with Crippen LogP contribution in [-0.4, -0.2) is 108 Å². The summed E-state index contributed by atoms with van der Waals surface area (Å²) in [5.41, 5.74) is 1.99. The molecule has 7 rings (SSSR count). The number of methoxy groups -OCH3 is 1. The molecule has 0 bridgehead atoms. The molecule has 0 spiro atoms. The number of aliphatic hydroxyl groups is 4. The van der Waals surface area contributed by atoms with E-state index in [-0.39, 0.29) is 28.3 Å². The predicted octanol–water partition coefficient (Wildman–Crippen LogP) is 3.24. The lowest BCUT2D eigenvalue weighted by Crippen LogP contribution is -2.61. The second-order valence-electron chi connectivity index (χ2n) is 16.9. The van der Waals surface area contributed by atoms with Crippen LogP contribution in [0.25, 0.3) is 0 Å². The van der Waals surface area contributed by atoms with Crippen molar-refractivity contribution in [3.05, 3.63) is 11.6 Å².